The number of hydrogen-bond donors (Lipinski definition) is 3. The highest BCUT2D eigenvalue weighted by Gasteiger charge is 2.55. The fraction of sp³-hybridized carbons (Fsp3) is 0.750. The third kappa shape index (κ3) is 13.7. The number of aliphatic hydroxyl groups is 3. The third-order valence-corrected chi connectivity index (χ3v) is 15.0. The molecule has 15 atom stereocenters. The Kier molecular flexibility index (Phi) is 20.7. The molecule has 3 N–H and O–H groups in total. The highest BCUT2D eigenvalue weighted by Crippen LogP contribution is 2.39. The number of aliphatic hydroxyl groups excluding tert-OH is 2. The van der Waals surface area contributed by atoms with Gasteiger partial charge in [0, 0.05) is 58.5 Å². The molecule has 2 bridgehead atoms. The Hall–Kier alpha value is -3.37. The number of amides is 1. The number of piperidine rings is 1. The van der Waals surface area contributed by atoms with Gasteiger partial charge in [0.2, 0.25) is 5.79 Å². The highest BCUT2D eigenvalue weighted by atomic mass is 16.6. The van der Waals surface area contributed by atoms with Gasteiger partial charge in [0.25, 0.3) is 11.7 Å². The molecule has 7 unspecified atom stereocenters. The lowest BCUT2D eigenvalue weighted by Gasteiger charge is -2.46. The van der Waals surface area contributed by atoms with E-state index in [1.54, 1.807) is 48.0 Å². The summed E-state index contributed by atoms with van der Waals surface area (Å²) in [6.45, 7) is 14.3. The number of carbonyl (C=O) groups excluding carboxylic acids is 5. The molecule has 14 heteroatoms. The summed E-state index contributed by atoms with van der Waals surface area (Å²) in [6, 6.07) is 0. The maximum atomic E-state index is 14.7. The van der Waals surface area contributed by atoms with Gasteiger partial charge in [0.15, 0.2) is 5.78 Å². The summed E-state index contributed by atoms with van der Waals surface area (Å²) in [6.07, 6.45) is 11.0. The molecule has 3 heterocycles. The van der Waals surface area contributed by atoms with Gasteiger partial charge >= 0.3 is 5.97 Å². The largest absolute Gasteiger partial charge is 0.460 e. The summed E-state index contributed by atoms with van der Waals surface area (Å²) in [5.41, 5.74) is -0.343. The first kappa shape index (κ1) is 55.2. The molecule has 4 rings (SSSR count). The summed E-state index contributed by atoms with van der Waals surface area (Å²) in [4.78, 5) is 72.6. The Labute approximate surface area is 393 Å². The van der Waals surface area contributed by atoms with Crippen LogP contribution >= 0.6 is 0 Å². The van der Waals surface area contributed by atoms with E-state index >= 15 is 0 Å². The Morgan fingerprint density at radius 3 is 2.24 bits per heavy atom. The van der Waals surface area contributed by atoms with E-state index in [1.807, 2.05) is 58.1 Å². The molecule has 0 radical (unpaired) electrons. The van der Waals surface area contributed by atoms with Crippen LogP contribution in [0.25, 0.3) is 0 Å². The lowest BCUT2D eigenvalue weighted by atomic mass is 9.78. The van der Waals surface area contributed by atoms with Gasteiger partial charge in [0.1, 0.15) is 29.6 Å². The molecule has 1 aliphatic carbocycles. The second kappa shape index (κ2) is 24.8. The molecule has 4 aliphatic rings. The summed E-state index contributed by atoms with van der Waals surface area (Å²) in [5, 5.41) is 34.0. The molecule has 3 aliphatic heterocycles. The minimum atomic E-state index is -2.45. The fourth-order valence-corrected chi connectivity index (χ4v) is 10.4. The number of esters is 1. The number of cyclic esters (lactones) is 1. The molecule has 66 heavy (non-hydrogen) atoms. The topological polar surface area (TPSA) is 195 Å². The van der Waals surface area contributed by atoms with Crippen molar-refractivity contribution < 1.29 is 63.0 Å². The second-order valence-corrected chi connectivity index (χ2v) is 20.2. The van der Waals surface area contributed by atoms with Gasteiger partial charge in [-0.3, -0.25) is 19.2 Å². The molecule has 1 saturated carbocycles. The zero-order valence-corrected chi connectivity index (χ0v) is 41.5. The van der Waals surface area contributed by atoms with Gasteiger partial charge in [-0.1, -0.05) is 71.1 Å². The van der Waals surface area contributed by atoms with Crippen molar-refractivity contribution in [3.8, 4) is 0 Å². The lowest BCUT2D eigenvalue weighted by molar-refractivity contribution is -0.266. The maximum absolute atomic E-state index is 14.7. The van der Waals surface area contributed by atoms with Crippen molar-refractivity contribution in [2.75, 3.05) is 27.9 Å². The van der Waals surface area contributed by atoms with Crippen LogP contribution in [0.1, 0.15) is 132 Å². The van der Waals surface area contributed by atoms with E-state index in [1.165, 1.54) is 12.0 Å². The third-order valence-electron chi connectivity index (χ3n) is 15.0. The van der Waals surface area contributed by atoms with Gasteiger partial charge in [-0.15, -0.1) is 0 Å². The van der Waals surface area contributed by atoms with Crippen LogP contribution in [-0.4, -0.2) is 131 Å². The quantitative estimate of drug-likeness (QED) is 0.147. The standard InChI is InChI=1S/C52H81NO13/c1-31-17-13-12-14-18-32(2)42(62-9)29-39-21-19-37(7)52(61,66-39)48(58)49(59)53-24-16-15-23-51(53,8)50(60)65-43(34(4)27-38-20-22-40(54)44(28-38)63-10)30-41(55)33(3)26-36(6)46(57)47(64-11)45(56)35(5)25-31/h12-14,17-18,26,31,33-35,37-40,42-44,46-47,54,57,61H,15-16,19-25,27-30H2,1-11H3/b14-12+,17-13+,32-18+,36-26+/t31-,33-,34-,35?,37?,38?,39+,40-,42+,43?,44?,46?,47+,51+,52?/m1/s1. The zero-order chi connectivity index (χ0) is 49.1. The predicted molar refractivity (Wildman–Crippen MR) is 250 cm³/mol. The molecule has 2 saturated heterocycles. The van der Waals surface area contributed by atoms with Crippen LogP contribution in [0.5, 0.6) is 0 Å². The highest BCUT2D eigenvalue weighted by molar-refractivity contribution is 6.39. The van der Waals surface area contributed by atoms with Gasteiger partial charge in [-0.25, -0.2) is 4.79 Å². The van der Waals surface area contributed by atoms with E-state index in [-0.39, 0.29) is 54.8 Å². The normalized spacial score (nSPS) is 41.1. The number of allylic oxidation sites excluding steroid dienone is 6. The number of fused-ring (bicyclic) bond motifs is 3. The van der Waals surface area contributed by atoms with Crippen LogP contribution in [0.4, 0.5) is 0 Å². The van der Waals surface area contributed by atoms with Gasteiger partial charge < -0.3 is 43.9 Å². The van der Waals surface area contributed by atoms with E-state index in [0.717, 1.165) is 12.0 Å². The van der Waals surface area contributed by atoms with Gasteiger partial charge in [-0.2, -0.15) is 0 Å². The first-order valence-corrected chi connectivity index (χ1v) is 24.3. The first-order chi connectivity index (χ1) is 31.1. The predicted octanol–water partition coefficient (Wildman–Crippen LogP) is 6.57. The van der Waals surface area contributed by atoms with Gasteiger partial charge in [0.05, 0.1) is 24.4 Å². The van der Waals surface area contributed by atoms with Crippen LogP contribution in [0.3, 0.4) is 0 Å². The number of Topliss-reactive ketones (excluding diaryl/α,β-unsaturated/α-hetero) is 3. The number of carbonyl (C=O) groups is 5. The van der Waals surface area contributed by atoms with Gasteiger partial charge in [-0.05, 0) is 114 Å². The Morgan fingerprint density at radius 1 is 0.864 bits per heavy atom. The molecule has 0 aromatic carbocycles. The smallest absolute Gasteiger partial charge is 0.332 e. The lowest BCUT2D eigenvalue weighted by Crippen LogP contribution is -2.64. The van der Waals surface area contributed by atoms with Crippen molar-refractivity contribution in [3.05, 3.63) is 47.6 Å². The van der Waals surface area contributed by atoms with Crippen LogP contribution in [0.2, 0.25) is 0 Å². The number of rotatable bonds is 6. The van der Waals surface area contributed by atoms with Crippen molar-refractivity contribution in [3.63, 3.8) is 0 Å². The van der Waals surface area contributed by atoms with Crippen molar-refractivity contribution in [2.45, 2.75) is 186 Å². The van der Waals surface area contributed by atoms with Crippen LogP contribution < -0.4 is 0 Å². The molecule has 0 aromatic rings. The summed E-state index contributed by atoms with van der Waals surface area (Å²) < 4.78 is 29.5. The number of hydrogen-bond acceptors (Lipinski definition) is 13. The Bertz CT molecular complexity index is 1810. The second-order valence-electron chi connectivity index (χ2n) is 20.2. The average molecular weight is 928 g/mol. The van der Waals surface area contributed by atoms with Crippen molar-refractivity contribution in [2.24, 2.45) is 35.5 Å². The molecule has 14 nitrogen and oxygen atoms in total. The Balaban J connectivity index is 1.73. The molecule has 0 aromatic heterocycles. The summed E-state index contributed by atoms with van der Waals surface area (Å²) >= 11 is 0. The number of nitrogens with zero attached hydrogens (tertiary/aromatic N) is 1. The average Bonchev–Trinajstić information content (AvgIpc) is 3.28. The zero-order valence-electron chi connectivity index (χ0n) is 41.5. The number of methoxy groups -OCH3 is 3. The van der Waals surface area contributed by atoms with E-state index in [4.69, 9.17) is 23.7 Å². The van der Waals surface area contributed by atoms with E-state index in [9.17, 15) is 39.3 Å². The maximum Gasteiger partial charge on any atom is 0.332 e. The SMILES string of the molecule is COC1CC(C[C@@H](C)C2CC(=O)[C@H](C)/C=C(\C)C(O)[C@@H](OC)C(=O)C(C)C[C@H](C)/C=C/C=C/C=C(\C)[C@@H](OC)C[C@@H]3CCC(C)C(O)(O3)C(=O)C(=O)N3CCCC[C@@]3(C)C(=O)O2)CC[C@H]1O. The van der Waals surface area contributed by atoms with Crippen LogP contribution in [0, 0.1) is 35.5 Å². The first-order valence-electron chi connectivity index (χ1n) is 24.3. The number of ether oxygens (including phenoxy) is 5. The van der Waals surface area contributed by atoms with Crippen LogP contribution in [0.15, 0.2) is 47.6 Å². The summed E-state index contributed by atoms with van der Waals surface area (Å²) in [5.74, 6) is -8.07. The summed E-state index contributed by atoms with van der Waals surface area (Å²) in [7, 11) is 4.52. The molecular formula is C52H81NO13. The van der Waals surface area contributed by atoms with E-state index in [0.29, 0.717) is 63.4 Å². The molecule has 0 spiro atoms. The molecular weight excluding hydrogens is 847 g/mol. The Morgan fingerprint density at radius 2 is 1.58 bits per heavy atom. The fourth-order valence-electron chi connectivity index (χ4n) is 10.4. The van der Waals surface area contributed by atoms with Crippen molar-refractivity contribution >= 4 is 29.2 Å². The van der Waals surface area contributed by atoms with E-state index < -0.39 is 83.4 Å². The number of ketones is 3. The minimum absolute atomic E-state index is 0.0171. The monoisotopic (exact) mass is 928 g/mol. The molecule has 1 amide bonds. The molecule has 3 fully saturated rings. The minimum Gasteiger partial charge on any atom is -0.460 e. The van der Waals surface area contributed by atoms with E-state index in [2.05, 4.69) is 0 Å². The van der Waals surface area contributed by atoms with Crippen molar-refractivity contribution in [1.82, 2.24) is 4.90 Å². The van der Waals surface area contributed by atoms with Crippen LogP contribution in [-0.2, 0) is 47.7 Å². The van der Waals surface area contributed by atoms with Crippen molar-refractivity contribution in [1.29, 1.82) is 0 Å². The molecule has 372 valence electrons.